The van der Waals surface area contributed by atoms with Crippen LogP contribution in [0.3, 0.4) is 0 Å². The van der Waals surface area contributed by atoms with E-state index in [9.17, 15) is 10.2 Å². The fraction of sp³-hybridized carbons (Fsp3) is 0.368. The van der Waals surface area contributed by atoms with Gasteiger partial charge in [0.2, 0.25) is 0 Å². The fourth-order valence-corrected chi connectivity index (χ4v) is 3.65. The van der Waals surface area contributed by atoms with Gasteiger partial charge in [0.05, 0.1) is 5.69 Å². The second-order valence-corrected chi connectivity index (χ2v) is 6.83. The molecule has 0 bridgehead atoms. The van der Waals surface area contributed by atoms with Crippen LogP contribution in [0, 0.1) is 20.8 Å². The van der Waals surface area contributed by atoms with Gasteiger partial charge in [0.1, 0.15) is 7.85 Å². The Morgan fingerprint density at radius 1 is 1.17 bits per heavy atom. The topological polar surface area (TPSA) is 45.4 Å². The van der Waals surface area contributed by atoms with Gasteiger partial charge in [-0.1, -0.05) is 29.8 Å². The molecule has 3 rings (SSSR count). The minimum absolute atomic E-state index is 0.491. The zero-order valence-electron chi connectivity index (χ0n) is 14.3. The van der Waals surface area contributed by atoms with Crippen molar-refractivity contribution in [2.75, 3.05) is 0 Å². The largest absolute Gasteiger partial charge is 0.363 e. The maximum atomic E-state index is 9.79. The summed E-state index contributed by atoms with van der Waals surface area (Å²) in [4.78, 5) is 0. The number of benzene rings is 1. The summed E-state index contributed by atoms with van der Waals surface area (Å²) in [6.07, 6.45) is 3.96. The number of hydrogen-bond donors (Lipinski definition) is 2. The highest BCUT2D eigenvalue weighted by atomic mass is 16.5. The monoisotopic (exact) mass is 309 g/mol. The fourth-order valence-electron chi connectivity index (χ4n) is 3.65. The van der Waals surface area contributed by atoms with Gasteiger partial charge < -0.3 is 14.8 Å². The standard InChI is InChI=1S/C19H24BNO2/c1-11-6-12(2)16(13(3)7-11)10-21-17-5-4-15(20)8-14(17)9-18(21)19(22)23/h5-9,15,19,22-23H,4,10,20H2,1-3H3. The SMILES string of the molecule is BC1C=c2cc(C(O)O)n(Cc3c(C)cc(C)cc3C)c2=CC1. The Labute approximate surface area is 138 Å². The van der Waals surface area contributed by atoms with Gasteiger partial charge in [0, 0.05) is 11.9 Å². The molecule has 0 fully saturated rings. The summed E-state index contributed by atoms with van der Waals surface area (Å²) in [6.45, 7) is 7.02. The second-order valence-electron chi connectivity index (χ2n) is 6.83. The van der Waals surface area contributed by atoms with E-state index in [0.29, 0.717) is 18.1 Å². The Morgan fingerprint density at radius 3 is 2.43 bits per heavy atom. The third-order valence-electron chi connectivity index (χ3n) is 4.77. The lowest BCUT2D eigenvalue weighted by atomic mass is 9.82. The van der Waals surface area contributed by atoms with Crippen molar-refractivity contribution in [1.29, 1.82) is 0 Å². The highest BCUT2D eigenvalue weighted by Crippen LogP contribution is 2.19. The molecule has 0 aliphatic heterocycles. The smallest absolute Gasteiger partial charge is 0.194 e. The van der Waals surface area contributed by atoms with Gasteiger partial charge in [0.15, 0.2) is 6.29 Å². The van der Waals surface area contributed by atoms with Crippen molar-refractivity contribution in [2.45, 2.75) is 45.8 Å². The van der Waals surface area contributed by atoms with Crippen molar-refractivity contribution in [3.63, 3.8) is 0 Å². The van der Waals surface area contributed by atoms with Crippen LogP contribution in [0.5, 0.6) is 0 Å². The van der Waals surface area contributed by atoms with Crippen molar-refractivity contribution in [2.24, 2.45) is 0 Å². The van der Waals surface area contributed by atoms with Crippen LogP contribution in [0.25, 0.3) is 12.2 Å². The first kappa shape index (κ1) is 16.1. The number of nitrogens with zero attached hydrogens (tertiary/aromatic N) is 1. The van der Waals surface area contributed by atoms with E-state index in [-0.39, 0.29) is 0 Å². The van der Waals surface area contributed by atoms with Gasteiger partial charge in [-0.05, 0) is 61.0 Å². The number of aromatic nitrogens is 1. The number of fused-ring (bicyclic) bond motifs is 1. The third-order valence-corrected chi connectivity index (χ3v) is 4.77. The zero-order valence-corrected chi connectivity index (χ0v) is 14.3. The van der Waals surface area contributed by atoms with Gasteiger partial charge in [0.25, 0.3) is 0 Å². The maximum Gasteiger partial charge on any atom is 0.194 e. The van der Waals surface area contributed by atoms with Crippen LogP contribution < -0.4 is 10.6 Å². The van der Waals surface area contributed by atoms with Crippen LogP contribution in [-0.4, -0.2) is 22.6 Å². The molecule has 1 aromatic heterocycles. The van der Waals surface area contributed by atoms with Gasteiger partial charge >= 0.3 is 0 Å². The van der Waals surface area contributed by atoms with Crippen LogP contribution in [-0.2, 0) is 6.54 Å². The molecule has 23 heavy (non-hydrogen) atoms. The molecule has 1 aromatic carbocycles. The molecule has 2 N–H and O–H groups in total. The summed E-state index contributed by atoms with van der Waals surface area (Å²) >= 11 is 0. The summed E-state index contributed by atoms with van der Waals surface area (Å²) in [7, 11) is 2.18. The highest BCUT2D eigenvalue weighted by molar-refractivity contribution is 6.15. The van der Waals surface area contributed by atoms with Gasteiger partial charge in [-0.3, -0.25) is 0 Å². The minimum Gasteiger partial charge on any atom is -0.363 e. The lowest BCUT2D eigenvalue weighted by Crippen LogP contribution is -2.33. The predicted molar refractivity (Wildman–Crippen MR) is 96.5 cm³/mol. The molecule has 3 nitrogen and oxygen atoms in total. The molecule has 1 aliphatic rings. The van der Waals surface area contributed by atoms with Crippen molar-refractivity contribution in [3.8, 4) is 0 Å². The van der Waals surface area contributed by atoms with Crippen LogP contribution in [0.1, 0.15) is 40.7 Å². The van der Waals surface area contributed by atoms with Crippen LogP contribution in [0.2, 0.25) is 5.82 Å². The van der Waals surface area contributed by atoms with Crippen molar-refractivity contribution < 1.29 is 10.2 Å². The Hall–Kier alpha value is -1.78. The molecular formula is C19H24BNO2. The molecule has 120 valence electrons. The van der Waals surface area contributed by atoms with E-state index in [4.69, 9.17) is 0 Å². The minimum atomic E-state index is -1.45. The van der Waals surface area contributed by atoms with Crippen LogP contribution in [0.4, 0.5) is 0 Å². The van der Waals surface area contributed by atoms with Crippen molar-refractivity contribution in [1.82, 2.24) is 4.57 Å². The maximum absolute atomic E-state index is 9.79. The summed E-state index contributed by atoms with van der Waals surface area (Å²) in [5.41, 5.74) is 5.57. The molecule has 4 heteroatoms. The summed E-state index contributed by atoms with van der Waals surface area (Å²) < 4.78 is 2.05. The van der Waals surface area contributed by atoms with Crippen LogP contribution >= 0.6 is 0 Å². The van der Waals surface area contributed by atoms with Gasteiger partial charge in [-0.25, -0.2) is 0 Å². The van der Waals surface area contributed by atoms with Gasteiger partial charge in [-0.2, -0.15) is 0 Å². The molecule has 1 unspecified atom stereocenters. The van der Waals surface area contributed by atoms with Crippen molar-refractivity contribution in [3.05, 3.63) is 56.7 Å². The summed E-state index contributed by atoms with van der Waals surface area (Å²) in [5.74, 6) is 0.491. The van der Waals surface area contributed by atoms with Crippen LogP contribution in [0.15, 0.2) is 18.2 Å². The Kier molecular flexibility index (Phi) is 4.22. The molecule has 0 amide bonds. The molecule has 1 heterocycles. The quantitative estimate of drug-likeness (QED) is 0.652. The summed E-state index contributed by atoms with van der Waals surface area (Å²) in [5, 5.41) is 21.8. The van der Waals surface area contributed by atoms with E-state index in [1.54, 1.807) is 0 Å². The van der Waals surface area contributed by atoms with Crippen molar-refractivity contribution >= 4 is 20.0 Å². The number of aliphatic hydroxyl groups is 2. The average molecular weight is 309 g/mol. The first-order chi connectivity index (χ1) is 10.9. The van der Waals surface area contributed by atoms with E-state index in [1.807, 2.05) is 10.6 Å². The second kappa shape index (κ2) is 6.02. The van der Waals surface area contributed by atoms with Gasteiger partial charge in [-0.15, -0.1) is 0 Å². The lowest BCUT2D eigenvalue weighted by molar-refractivity contribution is -0.0482. The number of rotatable bonds is 3. The van der Waals surface area contributed by atoms with E-state index >= 15 is 0 Å². The molecule has 0 radical (unpaired) electrons. The van der Waals surface area contributed by atoms with E-state index < -0.39 is 6.29 Å². The number of aliphatic hydroxyl groups excluding tert-OH is 1. The Balaban J connectivity index is 2.17. The molecule has 1 atom stereocenters. The average Bonchev–Trinajstić information content (AvgIpc) is 2.80. The summed E-state index contributed by atoms with van der Waals surface area (Å²) in [6, 6.07) is 6.28. The third kappa shape index (κ3) is 3.01. The number of hydrogen-bond acceptors (Lipinski definition) is 2. The Bertz CT molecular complexity index is 841. The normalized spacial score (nSPS) is 16.9. The number of aryl methyl sites for hydroxylation is 3. The highest BCUT2D eigenvalue weighted by Gasteiger charge is 2.16. The molecule has 1 aliphatic carbocycles. The predicted octanol–water partition coefficient (Wildman–Crippen LogP) is 0.831. The molecule has 0 saturated carbocycles. The molecule has 0 saturated heterocycles. The zero-order chi connectivity index (χ0) is 16.7. The molecular weight excluding hydrogens is 285 g/mol. The molecule has 2 aromatic rings. The lowest BCUT2D eigenvalue weighted by Gasteiger charge is -2.17. The molecule has 0 spiro atoms. The van der Waals surface area contributed by atoms with E-state index in [0.717, 1.165) is 17.0 Å². The van der Waals surface area contributed by atoms with E-state index in [1.165, 1.54) is 22.3 Å². The Morgan fingerprint density at radius 2 is 1.83 bits per heavy atom. The van der Waals surface area contributed by atoms with E-state index in [2.05, 4.69) is 52.9 Å². The first-order valence-electron chi connectivity index (χ1n) is 8.21. The first-order valence-corrected chi connectivity index (χ1v) is 8.21.